The standard InChI is InChI=1S/C5H12.2C2H6.4CH4/c1-5(2,3)4;2*1-2;;;;/h1-4H3;2*1-2H3;4*1H4. The van der Waals surface area contributed by atoms with Gasteiger partial charge in [-0.3, -0.25) is 0 Å². The molecule has 0 heterocycles. The molecule has 0 bridgehead atoms. The quantitative estimate of drug-likeness (QED) is 0.407. The molecule has 0 spiro atoms. The molecule has 0 aromatic rings. The van der Waals surface area contributed by atoms with Gasteiger partial charge in [0.25, 0.3) is 0 Å². The van der Waals surface area contributed by atoms with Crippen LogP contribution in [0.4, 0.5) is 0 Å². The van der Waals surface area contributed by atoms with Crippen molar-refractivity contribution in [3.8, 4) is 0 Å². The van der Waals surface area contributed by atoms with Crippen molar-refractivity contribution in [2.75, 3.05) is 0 Å². The van der Waals surface area contributed by atoms with Crippen molar-refractivity contribution in [1.82, 2.24) is 0 Å². The number of hydrogen-bond donors (Lipinski definition) is 0. The van der Waals surface area contributed by atoms with Gasteiger partial charge in [0.05, 0.1) is 0 Å². The summed E-state index contributed by atoms with van der Waals surface area (Å²) >= 11 is 0. The molecule has 0 aliphatic heterocycles. The molecule has 13 heavy (non-hydrogen) atoms. The molecule has 0 amide bonds. The van der Waals surface area contributed by atoms with Gasteiger partial charge in [0.15, 0.2) is 0 Å². The molecule has 0 heteroatoms. The fourth-order valence-electron chi connectivity index (χ4n) is 0. The molecule has 0 fully saturated rings. The van der Waals surface area contributed by atoms with Crippen molar-refractivity contribution in [2.45, 2.75) is 85.1 Å². The molecule has 0 aromatic heterocycles. The molecule has 0 rings (SSSR count). The summed E-state index contributed by atoms with van der Waals surface area (Å²) < 4.78 is 0. The van der Waals surface area contributed by atoms with Crippen LogP contribution < -0.4 is 0 Å². The lowest BCUT2D eigenvalue weighted by Crippen LogP contribution is -1.93. The van der Waals surface area contributed by atoms with Crippen molar-refractivity contribution in [2.24, 2.45) is 5.41 Å². The fraction of sp³-hybridized carbons (Fsp3) is 1.00. The maximum absolute atomic E-state index is 2.19. The van der Waals surface area contributed by atoms with E-state index in [0.29, 0.717) is 5.41 Å². The predicted molar refractivity (Wildman–Crippen MR) is 74.7 cm³/mol. The summed E-state index contributed by atoms with van der Waals surface area (Å²) in [7, 11) is 0. The molecule has 0 aromatic carbocycles. The molecule has 0 aliphatic carbocycles. The van der Waals surface area contributed by atoms with Gasteiger partial charge in [0.1, 0.15) is 0 Å². The molecule has 0 aliphatic rings. The number of hydrogen-bond acceptors (Lipinski definition) is 0. The van der Waals surface area contributed by atoms with Crippen LogP contribution in [0.3, 0.4) is 0 Å². The SMILES string of the molecule is C.C.C.C.CC.CC.CC(C)(C)C. The maximum atomic E-state index is 2.19. The summed E-state index contributed by atoms with van der Waals surface area (Å²) in [6.07, 6.45) is 0. The maximum Gasteiger partial charge on any atom is -0.0411 e. The monoisotopic (exact) mass is 196 g/mol. The first-order valence-electron chi connectivity index (χ1n) is 4.00. The summed E-state index contributed by atoms with van der Waals surface area (Å²) in [6, 6.07) is 0. The summed E-state index contributed by atoms with van der Waals surface area (Å²) in [5, 5.41) is 0. The van der Waals surface area contributed by atoms with Gasteiger partial charge in [0.2, 0.25) is 0 Å². The van der Waals surface area contributed by atoms with Crippen molar-refractivity contribution in [3.05, 3.63) is 0 Å². The summed E-state index contributed by atoms with van der Waals surface area (Å²) in [6.45, 7) is 16.8. The van der Waals surface area contributed by atoms with Crippen molar-refractivity contribution in [3.63, 3.8) is 0 Å². The zero-order valence-electron chi connectivity index (χ0n) is 8.50. The smallest absolute Gasteiger partial charge is 0.0411 e. The van der Waals surface area contributed by atoms with Crippen molar-refractivity contribution >= 4 is 0 Å². The highest BCUT2D eigenvalue weighted by Crippen LogP contribution is 2.07. The first-order chi connectivity index (χ1) is 4.00. The third-order valence-electron chi connectivity index (χ3n) is 0. The van der Waals surface area contributed by atoms with E-state index in [4.69, 9.17) is 0 Å². The molecule has 0 unspecified atom stereocenters. The van der Waals surface area contributed by atoms with E-state index in [1.165, 1.54) is 0 Å². The third-order valence-corrected chi connectivity index (χ3v) is 0. The van der Waals surface area contributed by atoms with E-state index in [1.54, 1.807) is 0 Å². The lowest BCUT2D eigenvalue weighted by atomic mass is 10.0. The van der Waals surface area contributed by atoms with E-state index >= 15 is 0 Å². The molecule has 0 saturated heterocycles. The summed E-state index contributed by atoms with van der Waals surface area (Å²) in [4.78, 5) is 0. The van der Waals surface area contributed by atoms with Crippen LogP contribution in [0.2, 0.25) is 0 Å². The second-order valence-corrected chi connectivity index (χ2v) is 3.00. The van der Waals surface area contributed by atoms with Crippen LogP contribution in [0.5, 0.6) is 0 Å². The van der Waals surface area contributed by atoms with E-state index in [0.717, 1.165) is 0 Å². The highest BCUT2D eigenvalue weighted by molar-refractivity contribution is 4.47. The minimum absolute atomic E-state index is 0. The van der Waals surface area contributed by atoms with E-state index in [2.05, 4.69) is 27.7 Å². The summed E-state index contributed by atoms with van der Waals surface area (Å²) in [5.41, 5.74) is 0.500. The Labute approximate surface area is 91.2 Å². The Kier molecular flexibility index (Phi) is 161. The molecular weight excluding hydrogens is 156 g/mol. The first kappa shape index (κ1) is 52.0. The minimum atomic E-state index is 0. The Morgan fingerprint density at radius 2 is 0.462 bits per heavy atom. The average molecular weight is 196 g/mol. The van der Waals surface area contributed by atoms with Crippen LogP contribution in [0.15, 0.2) is 0 Å². The minimum Gasteiger partial charge on any atom is -0.0776 e. The largest absolute Gasteiger partial charge is 0.0776 e. The Morgan fingerprint density at radius 3 is 0.462 bits per heavy atom. The topological polar surface area (TPSA) is 0 Å². The van der Waals surface area contributed by atoms with Gasteiger partial charge < -0.3 is 0 Å². The van der Waals surface area contributed by atoms with Crippen molar-refractivity contribution < 1.29 is 0 Å². The van der Waals surface area contributed by atoms with Gasteiger partial charge in [-0.15, -0.1) is 0 Å². The first-order valence-corrected chi connectivity index (χ1v) is 4.00. The van der Waals surface area contributed by atoms with Gasteiger partial charge in [-0.05, 0) is 5.41 Å². The Bertz CT molecular complexity index is 15.5. The number of rotatable bonds is 0. The van der Waals surface area contributed by atoms with E-state index in [-0.39, 0.29) is 29.7 Å². The van der Waals surface area contributed by atoms with Crippen LogP contribution in [-0.4, -0.2) is 0 Å². The Hall–Kier alpha value is 0. The zero-order chi connectivity index (χ0) is 8.50. The van der Waals surface area contributed by atoms with Gasteiger partial charge in [0, 0.05) is 0 Å². The van der Waals surface area contributed by atoms with Gasteiger partial charge in [-0.2, -0.15) is 0 Å². The second-order valence-electron chi connectivity index (χ2n) is 3.00. The van der Waals surface area contributed by atoms with E-state index in [9.17, 15) is 0 Å². The van der Waals surface area contributed by atoms with Crippen LogP contribution >= 0.6 is 0 Å². The summed E-state index contributed by atoms with van der Waals surface area (Å²) in [5.74, 6) is 0. The lowest BCUT2D eigenvalue weighted by Gasteiger charge is -2.05. The molecule has 92 valence electrons. The molecule has 0 N–H and O–H groups in total. The fourth-order valence-corrected chi connectivity index (χ4v) is 0. The Balaban J connectivity index is -0.00000000818. The highest BCUT2D eigenvalue weighted by atomic mass is 14.0. The predicted octanol–water partition coefficient (Wildman–Crippen LogP) is 6.65. The molecule has 0 atom stereocenters. The van der Waals surface area contributed by atoms with Crippen LogP contribution in [0, 0.1) is 5.41 Å². The average Bonchev–Trinajstić information content (AvgIpc) is 1.72. The van der Waals surface area contributed by atoms with Gasteiger partial charge in [-0.1, -0.05) is 85.1 Å². The van der Waals surface area contributed by atoms with Crippen molar-refractivity contribution in [1.29, 1.82) is 0 Å². The van der Waals surface area contributed by atoms with E-state index in [1.807, 2.05) is 27.7 Å². The third kappa shape index (κ3) is 0. The van der Waals surface area contributed by atoms with E-state index < -0.39 is 0 Å². The molecule has 0 radical (unpaired) electrons. The van der Waals surface area contributed by atoms with Crippen LogP contribution in [-0.2, 0) is 0 Å². The van der Waals surface area contributed by atoms with Gasteiger partial charge in [-0.25, -0.2) is 0 Å². The van der Waals surface area contributed by atoms with Gasteiger partial charge >= 0.3 is 0 Å². The van der Waals surface area contributed by atoms with Crippen LogP contribution in [0.1, 0.15) is 85.1 Å². The Morgan fingerprint density at radius 1 is 0.462 bits per heavy atom. The molecule has 0 nitrogen and oxygen atoms in total. The molecule has 0 saturated carbocycles. The molecular formula is C13H40. The van der Waals surface area contributed by atoms with Crippen LogP contribution in [0.25, 0.3) is 0 Å². The zero-order valence-corrected chi connectivity index (χ0v) is 8.50. The second kappa shape index (κ2) is 40.3. The lowest BCUT2D eigenvalue weighted by molar-refractivity contribution is 0.469. The normalized spacial score (nSPS) is 5.54. The highest BCUT2D eigenvalue weighted by Gasteiger charge is 1.95.